The molecule has 2 rings (SSSR count). The molecule has 0 aromatic heterocycles. The normalized spacial score (nSPS) is 19.2. The fourth-order valence-electron chi connectivity index (χ4n) is 1.60. The van der Waals surface area contributed by atoms with Crippen molar-refractivity contribution in [1.82, 2.24) is 0 Å². The molecule has 14 heavy (non-hydrogen) atoms. The van der Waals surface area contributed by atoms with E-state index in [0.29, 0.717) is 17.3 Å². The molecule has 0 fully saturated rings. The van der Waals surface area contributed by atoms with Gasteiger partial charge in [0.1, 0.15) is 6.29 Å². The number of aldehydes is 1. The smallest absolute Gasteiger partial charge is 0.423 e. The second-order valence-corrected chi connectivity index (χ2v) is 3.19. The van der Waals surface area contributed by atoms with Gasteiger partial charge in [-0.1, -0.05) is 30.8 Å². The first-order valence-electron chi connectivity index (χ1n) is 4.30. The molecular formula is C10H9BO3. The van der Waals surface area contributed by atoms with E-state index >= 15 is 0 Å². The second-order valence-electron chi connectivity index (χ2n) is 3.19. The molecule has 1 aromatic rings. The van der Waals surface area contributed by atoms with Crippen molar-refractivity contribution in [3.05, 3.63) is 42.0 Å². The average molecular weight is 188 g/mol. The third-order valence-electron chi connectivity index (χ3n) is 2.30. The van der Waals surface area contributed by atoms with Crippen molar-refractivity contribution in [1.29, 1.82) is 0 Å². The van der Waals surface area contributed by atoms with Gasteiger partial charge in [0.25, 0.3) is 0 Å². The quantitative estimate of drug-likeness (QED) is 0.409. The maximum absolute atomic E-state index is 10.5. The number of fused-ring (bicyclic) bond motifs is 1. The summed E-state index contributed by atoms with van der Waals surface area (Å²) >= 11 is 0. The van der Waals surface area contributed by atoms with Crippen LogP contribution < -0.4 is 5.46 Å². The van der Waals surface area contributed by atoms with Crippen LogP contribution in [0, 0.1) is 0 Å². The van der Waals surface area contributed by atoms with E-state index < -0.39 is 13.2 Å². The van der Waals surface area contributed by atoms with E-state index in [1.54, 1.807) is 6.07 Å². The summed E-state index contributed by atoms with van der Waals surface area (Å²) < 4.78 is 5.21. The lowest BCUT2D eigenvalue weighted by Crippen LogP contribution is -2.27. The summed E-state index contributed by atoms with van der Waals surface area (Å²) in [4.78, 5) is 10.5. The summed E-state index contributed by atoms with van der Waals surface area (Å²) in [7, 11) is -0.951. The zero-order chi connectivity index (χ0) is 10.1. The third-order valence-corrected chi connectivity index (χ3v) is 2.30. The highest BCUT2D eigenvalue weighted by molar-refractivity contribution is 6.61. The average Bonchev–Trinajstić information content (AvgIpc) is 2.56. The molecule has 0 bridgehead atoms. The fourth-order valence-corrected chi connectivity index (χ4v) is 1.60. The molecule has 1 aliphatic heterocycles. The van der Waals surface area contributed by atoms with Crippen LogP contribution >= 0.6 is 0 Å². The van der Waals surface area contributed by atoms with Crippen molar-refractivity contribution in [3.63, 3.8) is 0 Å². The summed E-state index contributed by atoms with van der Waals surface area (Å²) in [5.74, 6) is 0. The topological polar surface area (TPSA) is 46.5 Å². The molecule has 1 atom stereocenters. The number of carbonyl (C=O) groups is 1. The maximum atomic E-state index is 10.5. The minimum atomic E-state index is -0.951. The first-order chi connectivity index (χ1) is 6.74. The monoisotopic (exact) mass is 188 g/mol. The zero-order valence-electron chi connectivity index (χ0n) is 7.51. The van der Waals surface area contributed by atoms with Gasteiger partial charge in [-0.3, -0.25) is 4.79 Å². The Bertz CT molecular complexity index is 389. The molecule has 1 aromatic carbocycles. The van der Waals surface area contributed by atoms with Gasteiger partial charge in [-0.15, -0.1) is 0 Å². The molecule has 0 saturated heterocycles. The van der Waals surface area contributed by atoms with Gasteiger partial charge in [0.2, 0.25) is 0 Å². The van der Waals surface area contributed by atoms with Crippen molar-refractivity contribution in [2.75, 3.05) is 0 Å². The number of carbonyl (C=O) groups excluding carboxylic acids is 1. The van der Waals surface area contributed by atoms with Crippen molar-refractivity contribution >= 4 is 18.9 Å². The lowest BCUT2D eigenvalue weighted by Gasteiger charge is -2.09. The van der Waals surface area contributed by atoms with Gasteiger partial charge in [-0.2, -0.15) is 0 Å². The SMILES string of the molecule is C=C(C=O)C1OB(O)c2ccccc21. The van der Waals surface area contributed by atoms with Crippen molar-refractivity contribution in [2.45, 2.75) is 6.10 Å². The van der Waals surface area contributed by atoms with E-state index in [2.05, 4.69) is 6.58 Å². The maximum Gasteiger partial charge on any atom is 0.492 e. The van der Waals surface area contributed by atoms with E-state index in [9.17, 15) is 9.82 Å². The van der Waals surface area contributed by atoms with Gasteiger partial charge < -0.3 is 9.68 Å². The standard InChI is InChI=1S/C10H9BO3/c1-7(6-12)10-8-4-2-3-5-9(8)11(13)14-10/h2-6,10,13H,1H2. The molecule has 1 unspecified atom stereocenters. The highest BCUT2D eigenvalue weighted by atomic mass is 16.5. The largest absolute Gasteiger partial charge is 0.492 e. The molecule has 0 saturated carbocycles. The van der Waals surface area contributed by atoms with Gasteiger partial charge in [0.15, 0.2) is 0 Å². The van der Waals surface area contributed by atoms with E-state index in [0.717, 1.165) is 5.56 Å². The molecule has 4 heteroatoms. The molecular weight excluding hydrogens is 179 g/mol. The highest BCUT2D eigenvalue weighted by Crippen LogP contribution is 2.27. The van der Waals surface area contributed by atoms with E-state index in [4.69, 9.17) is 4.65 Å². The van der Waals surface area contributed by atoms with Crippen LogP contribution in [-0.2, 0) is 9.45 Å². The van der Waals surface area contributed by atoms with E-state index in [-0.39, 0.29) is 0 Å². The first kappa shape index (κ1) is 9.18. The lowest BCUT2D eigenvalue weighted by atomic mass is 9.79. The van der Waals surface area contributed by atoms with E-state index in [1.165, 1.54) is 0 Å². The first-order valence-corrected chi connectivity index (χ1v) is 4.30. The second kappa shape index (κ2) is 3.40. The summed E-state index contributed by atoms with van der Waals surface area (Å²) in [6, 6.07) is 7.26. The van der Waals surface area contributed by atoms with Crippen molar-refractivity contribution < 1.29 is 14.5 Å². The molecule has 1 heterocycles. The Hall–Kier alpha value is -1.39. The molecule has 1 aliphatic rings. The predicted octanol–water partition coefficient (Wildman–Crippen LogP) is 0.200. The van der Waals surface area contributed by atoms with Crippen molar-refractivity contribution in [3.8, 4) is 0 Å². The van der Waals surface area contributed by atoms with Crippen LogP contribution in [0.25, 0.3) is 0 Å². The summed E-state index contributed by atoms with van der Waals surface area (Å²) in [5.41, 5.74) is 1.85. The Morgan fingerprint density at radius 3 is 3.00 bits per heavy atom. The van der Waals surface area contributed by atoms with Crippen LogP contribution in [0.2, 0.25) is 0 Å². The third kappa shape index (κ3) is 1.29. The number of rotatable bonds is 2. The predicted molar refractivity (Wildman–Crippen MR) is 53.1 cm³/mol. The molecule has 0 amide bonds. The van der Waals surface area contributed by atoms with Crippen LogP contribution in [0.5, 0.6) is 0 Å². The van der Waals surface area contributed by atoms with Crippen LogP contribution in [0.3, 0.4) is 0 Å². The van der Waals surface area contributed by atoms with Gasteiger partial charge in [0.05, 0.1) is 6.10 Å². The van der Waals surface area contributed by atoms with Crippen LogP contribution in [-0.4, -0.2) is 18.4 Å². The van der Waals surface area contributed by atoms with Gasteiger partial charge >= 0.3 is 7.12 Å². The Morgan fingerprint density at radius 1 is 1.57 bits per heavy atom. The number of hydrogen-bond donors (Lipinski definition) is 1. The minimum absolute atomic E-state index is 0.328. The lowest BCUT2D eigenvalue weighted by molar-refractivity contribution is -0.105. The van der Waals surface area contributed by atoms with Crippen molar-refractivity contribution in [2.24, 2.45) is 0 Å². The zero-order valence-corrected chi connectivity index (χ0v) is 7.51. The summed E-state index contributed by atoms with van der Waals surface area (Å²) in [5, 5.41) is 9.52. The Balaban J connectivity index is 2.43. The molecule has 3 nitrogen and oxygen atoms in total. The molecule has 0 spiro atoms. The van der Waals surface area contributed by atoms with Gasteiger partial charge in [-0.25, -0.2) is 0 Å². The van der Waals surface area contributed by atoms with E-state index in [1.807, 2.05) is 18.2 Å². The molecule has 0 aliphatic carbocycles. The minimum Gasteiger partial charge on any atom is -0.423 e. The van der Waals surface area contributed by atoms with Gasteiger partial charge in [0, 0.05) is 5.57 Å². The fraction of sp³-hybridized carbons (Fsp3) is 0.100. The Labute approximate surface area is 82.2 Å². The Morgan fingerprint density at radius 2 is 2.29 bits per heavy atom. The van der Waals surface area contributed by atoms with Crippen LogP contribution in [0.4, 0.5) is 0 Å². The molecule has 0 radical (unpaired) electrons. The number of benzene rings is 1. The van der Waals surface area contributed by atoms with Crippen LogP contribution in [0.1, 0.15) is 11.7 Å². The summed E-state index contributed by atoms with van der Waals surface area (Å²) in [6.45, 7) is 3.58. The highest BCUT2D eigenvalue weighted by Gasteiger charge is 2.35. The molecule has 70 valence electrons. The number of hydrogen-bond acceptors (Lipinski definition) is 3. The summed E-state index contributed by atoms with van der Waals surface area (Å²) in [6.07, 6.45) is 0.151. The Kier molecular flexibility index (Phi) is 2.23. The van der Waals surface area contributed by atoms with Gasteiger partial charge in [-0.05, 0) is 11.0 Å². The van der Waals surface area contributed by atoms with Crippen LogP contribution in [0.15, 0.2) is 36.4 Å². The molecule has 1 N–H and O–H groups in total.